The van der Waals surface area contributed by atoms with Gasteiger partial charge in [-0.25, -0.2) is 4.98 Å². The summed E-state index contributed by atoms with van der Waals surface area (Å²) in [6.07, 6.45) is 12.0. The first-order chi connectivity index (χ1) is 21.8. The SMILES string of the molecule is C=C(CCc1ccc(Oc2ccnc(C(=O)NCCCC3CCCC3)c2)cc1N)CNc1ccc(C)c(-c2ccnc(F)c2)c1. The molecule has 45 heavy (non-hydrogen) atoms. The summed E-state index contributed by atoms with van der Waals surface area (Å²) >= 11 is 0. The van der Waals surface area contributed by atoms with Crippen LogP contribution in [0.5, 0.6) is 11.5 Å². The number of aromatic nitrogens is 2. The van der Waals surface area contributed by atoms with Gasteiger partial charge in [0.25, 0.3) is 5.91 Å². The van der Waals surface area contributed by atoms with E-state index in [0.717, 1.165) is 58.7 Å². The van der Waals surface area contributed by atoms with Crippen molar-refractivity contribution in [2.24, 2.45) is 5.92 Å². The Morgan fingerprint density at radius 1 is 1.02 bits per heavy atom. The number of halogens is 1. The van der Waals surface area contributed by atoms with E-state index >= 15 is 0 Å². The number of hydrogen-bond acceptors (Lipinski definition) is 6. The van der Waals surface area contributed by atoms with E-state index in [1.807, 2.05) is 37.3 Å². The van der Waals surface area contributed by atoms with Crippen molar-refractivity contribution in [3.8, 4) is 22.6 Å². The second kappa shape index (κ2) is 15.3. The van der Waals surface area contributed by atoms with Crippen LogP contribution in [0.2, 0.25) is 0 Å². The summed E-state index contributed by atoms with van der Waals surface area (Å²) in [5, 5.41) is 6.41. The molecule has 234 valence electrons. The standard InChI is InChI=1S/C37H42FN5O2/c1-25(24-43-30-13-10-26(2)33(21-30)29-15-18-41-36(38)20-29)9-11-28-12-14-31(22-34(28)39)45-32-16-19-40-35(23-32)37(44)42-17-5-8-27-6-3-4-7-27/h10,12-16,18-23,27,43H,1,3-9,11,17,24,39H2,2H3,(H,42,44). The van der Waals surface area contributed by atoms with Crippen molar-refractivity contribution in [3.63, 3.8) is 0 Å². The van der Waals surface area contributed by atoms with E-state index in [-0.39, 0.29) is 5.91 Å². The number of hydrogen-bond donors (Lipinski definition) is 3. The molecule has 4 aromatic rings. The molecule has 1 amide bonds. The van der Waals surface area contributed by atoms with Gasteiger partial charge in [-0.05, 0) is 91.1 Å². The van der Waals surface area contributed by atoms with Crippen LogP contribution in [-0.2, 0) is 6.42 Å². The molecule has 1 aliphatic carbocycles. The maximum absolute atomic E-state index is 13.7. The monoisotopic (exact) mass is 607 g/mol. The lowest BCUT2D eigenvalue weighted by Crippen LogP contribution is -2.25. The number of nitrogens with two attached hydrogens (primary N) is 1. The molecule has 0 unspecified atom stereocenters. The maximum atomic E-state index is 13.7. The summed E-state index contributed by atoms with van der Waals surface area (Å²) < 4.78 is 19.7. The van der Waals surface area contributed by atoms with Crippen LogP contribution in [0, 0.1) is 18.8 Å². The molecular weight excluding hydrogens is 565 g/mol. The molecule has 1 fully saturated rings. The van der Waals surface area contributed by atoms with Crippen LogP contribution < -0.4 is 21.1 Å². The summed E-state index contributed by atoms with van der Waals surface area (Å²) in [7, 11) is 0. The van der Waals surface area contributed by atoms with Crippen LogP contribution in [0.1, 0.15) is 66.6 Å². The minimum atomic E-state index is -0.497. The molecule has 7 nitrogen and oxygen atoms in total. The topological polar surface area (TPSA) is 102 Å². The summed E-state index contributed by atoms with van der Waals surface area (Å²) in [4.78, 5) is 20.5. The number of rotatable bonds is 14. The Morgan fingerprint density at radius 2 is 1.82 bits per heavy atom. The molecule has 1 aliphatic rings. The highest BCUT2D eigenvalue weighted by molar-refractivity contribution is 5.92. The molecule has 4 N–H and O–H groups in total. The fourth-order valence-electron chi connectivity index (χ4n) is 5.82. The first-order valence-corrected chi connectivity index (χ1v) is 15.8. The van der Waals surface area contributed by atoms with Crippen LogP contribution in [0.4, 0.5) is 15.8 Å². The van der Waals surface area contributed by atoms with Gasteiger partial charge in [0.05, 0.1) is 0 Å². The zero-order valence-electron chi connectivity index (χ0n) is 25.9. The van der Waals surface area contributed by atoms with Crippen molar-refractivity contribution >= 4 is 17.3 Å². The van der Waals surface area contributed by atoms with Crippen molar-refractivity contribution < 1.29 is 13.9 Å². The summed E-state index contributed by atoms with van der Waals surface area (Å²) in [5.41, 5.74) is 13.1. The Balaban J connectivity index is 1.08. The zero-order valence-corrected chi connectivity index (χ0v) is 25.9. The fraction of sp³-hybridized carbons (Fsp3) is 0.324. The Hall–Kier alpha value is -4.72. The van der Waals surface area contributed by atoms with E-state index in [9.17, 15) is 9.18 Å². The summed E-state index contributed by atoms with van der Waals surface area (Å²) in [6.45, 7) is 7.50. The number of carbonyl (C=O) groups is 1. The predicted octanol–water partition coefficient (Wildman–Crippen LogP) is 8.27. The third-order valence-electron chi connectivity index (χ3n) is 8.43. The second-order valence-corrected chi connectivity index (χ2v) is 11.9. The highest BCUT2D eigenvalue weighted by atomic mass is 19.1. The minimum absolute atomic E-state index is 0.191. The predicted molar refractivity (Wildman–Crippen MR) is 179 cm³/mol. The van der Waals surface area contributed by atoms with Gasteiger partial charge in [-0.15, -0.1) is 0 Å². The average molecular weight is 608 g/mol. The number of amides is 1. The number of anilines is 2. The van der Waals surface area contributed by atoms with E-state index < -0.39 is 5.95 Å². The largest absolute Gasteiger partial charge is 0.457 e. The van der Waals surface area contributed by atoms with E-state index in [1.165, 1.54) is 44.4 Å². The number of nitrogens with one attached hydrogen (secondary N) is 2. The minimum Gasteiger partial charge on any atom is -0.457 e. The van der Waals surface area contributed by atoms with Gasteiger partial charge in [0.15, 0.2) is 0 Å². The normalized spacial score (nSPS) is 13.0. The average Bonchev–Trinajstić information content (AvgIpc) is 3.56. The Morgan fingerprint density at radius 3 is 2.62 bits per heavy atom. The first kappa shape index (κ1) is 31.7. The Bertz CT molecular complexity index is 1630. The van der Waals surface area contributed by atoms with Crippen molar-refractivity contribution in [1.82, 2.24) is 15.3 Å². The number of benzene rings is 2. The Kier molecular flexibility index (Phi) is 10.8. The van der Waals surface area contributed by atoms with Gasteiger partial charge in [0, 0.05) is 55.1 Å². The zero-order chi connectivity index (χ0) is 31.6. The van der Waals surface area contributed by atoms with E-state index in [0.29, 0.717) is 36.0 Å². The van der Waals surface area contributed by atoms with Crippen LogP contribution in [0.15, 0.2) is 85.2 Å². The molecule has 0 saturated heterocycles. The number of nitrogens with zero attached hydrogens (tertiary/aromatic N) is 2. The van der Waals surface area contributed by atoms with Gasteiger partial charge in [0.1, 0.15) is 17.2 Å². The summed E-state index contributed by atoms with van der Waals surface area (Å²) in [5.74, 6) is 1.25. The van der Waals surface area contributed by atoms with Crippen molar-refractivity contribution in [2.75, 3.05) is 24.1 Å². The van der Waals surface area contributed by atoms with Crippen LogP contribution >= 0.6 is 0 Å². The number of ether oxygens (including phenoxy) is 1. The third-order valence-corrected chi connectivity index (χ3v) is 8.43. The molecule has 0 radical (unpaired) electrons. The molecule has 8 heteroatoms. The molecule has 0 spiro atoms. The smallest absolute Gasteiger partial charge is 0.270 e. The second-order valence-electron chi connectivity index (χ2n) is 11.9. The molecule has 0 aliphatic heterocycles. The van der Waals surface area contributed by atoms with E-state index in [2.05, 4.69) is 27.2 Å². The Labute approximate surface area is 265 Å². The van der Waals surface area contributed by atoms with Gasteiger partial charge >= 0.3 is 0 Å². The molecule has 0 atom stereocenters. The van der Waals surface area contributed by atoms with Crippen molar-refractivity contribution in [1.29, 1.82) is 0 Å². The summed E-state index contributed by atoms with van der Waals surface area (Å²) in [6, 6.07) is 18.3. The first-order valence-electron chi connectivity index (χ1n) is 15.8. The van der Waals surface area contributed by atoms with Crippen LogP contribution in [0.25, 0.3) is 11.1 Å². The van der Waals surface area contributed by atoms with Gasteiger partial charge in [-0.3, -0.25) is 9.78 Å². The van der Waals surface area contributed by atoms with Crippen LogP contribution in [-0.4, -0.2) is 29.0 Å². The van der Waals surface area contributed by atoms with Gasteiger partial charge in [-0.1, -0.05) is 50.0 Å². The molecule has 0 bridgehead atoms. The molecular formula is C37H42FN5O2. The third kappa shape index (κ3) is 9.14. The molecule has 5 rings (SSSR count). The number of aryl methyl sites for hydroxylation is 2. The van der Waals surface area contributed by atoms with Gasteiger partial charge < -0.3 is 21.1 Å². The van der Waals surface area contributed by atoms with E-state index in [4.69, 9.17) is 10.5 Å². The lowest BCUT2D eigenvalue weighted by molar-refractivity contribution is 0.0947. The quantitative estimate of drug-likeness (QED) is 0.0577. The van der Waals surface area contributed by atoms with Crippen LogP contribution in [0.3, 0.4) is 0 Å². The highest BCUT2D eigenvalue weighted by Crippen LogP contribution is 2.30. The lowest BCUT2D eigenvalue weighted by Gasteiger charge is -2.14. The highest BCUT2D eigenvalue weighted by Gasteiger charge is 2.15. The number of pyridine rings is 2. The van der Waals surface area contributed by atoms with Crippen molar-refractivity contribution in [2.45, 2.75) is 58.3 Å². The molecule has 2 aromatic carbocycles. The van der Waals surface area contributed by atoms with E-state index in [1.54, 1.807) is 30.5 Å². The van der Waals surface area contributed by atoms with Gasteiger partial charge in [0.2, 0.25) is 5.95 Å². The van der Waals surface area contributed by atoms with Crippen molar-refractivity contribution in [3.05, 3.63) is 108 Å². The molecule has 1 saturated carbocycles. The molecule has 2 aromatic heterocycles. The lowest BCUT2D eigenvalue weighted by atomic mass is 10.0. The fourth-order valence-corrected chi connectivity index (χ4v) is 5.82. The number of carbonyl (C=O) groups excluding carboxylic acids is 1. The maximum Gasteiger partial charge on any atom is 0.270 e. The number of nitrogen functional groups attached to an aromatic ring is 1. The molecule has 2 heterocycles. The van der Waals surface area contributed by atoms with Gasteiger partial charge in [-0.2, -0.15) is 4.39 Å².